The highest BCUT2D eigenvalue weighted by molar-refractivity contribution is 6.05. The molecule has 0 saturated carbocycles. The number of hydrogen-bond donors (Lipinski definition) is 2. The zero-order chi connectivity index (χ0) is 22.4. The fraction of sp³-hybridized carbons (Fsp3) is 0.458. The second-order valence-electron chi connectivity index (χ2n) is 8.80. The lowest BCUT2D eigenvalue weighted by molar-refractivity contribution is -0.384. The minimum absolute atomic E-state index is 0. The molecule has 1 saturated heterocycles. The molecule has 0 bridgehead atoms. The fourth-order valence-electron chi connectivity index (χ4n) is 4.40. The Morgan fingerprint density at radius 3 is 2.53 bits per heavy atom. The van der Waals surface area contributed by atoms with Gasteiger partial charge in [0.15, 0.2) is 0 Å². The first-order valence-electron chi connectivity index (χ1n) is 10.9. The fourth-order valence-corrected chi connectivity index (χ4v) is 4.40. The van der Waals surface area contributed by atoms with E-state index in [-0.39, 0.29) is 29.6 Å². The molecule has 2 N–H and O–H groups in total. The number of nitrogens with zero attached hydrogens (tertiary/aromatic N) is 2. The van der Waals surface area contributed by atoms with Crippen molar-refractivity contribution in [1.29, 1.82) is 0 Å². The van der Waals surface area contributed by atoms with Crippen LogP contribution in [-0.2, 0) is 0 Å². The van der Waals surface area contributed by atoms with Crippen LogP contribution in [0.4, 0.5) is 17.1 Å². The molecule has 1 amide bonds. The van der Waals surface area contributed by atoms with Gasteiger partial charge in [0.1, 0.15) is 5.69 Å². The molecule has 1 fully saturated rings. The molecule has 1 heterocycles. The zero-order valence-corrected chi connectivity index (χ0v) is 19.8. The van der Waals surface area contributed by atoms with Crippen molar-refractivity contribution in [1.82, 2.24) is 4.90 Å². The van der Waals surface area contributed by atoms with Crippen molar-refractivity contribution >= 4 is 35.4 Å². The van der Waals surface area contributed by atoms with Gasteiger partial charge in [-0.2, -0.15) is 0 Å². The van der Waals surface area contributed by atoms with E-state index >= 15 is 0 Å². The molecule has 0 aliphatic carbocycles. The van der Waals surface area contributed by atoms with Crippen LogP contribution in [0.3, 0.4) is 0 Å². The summed E-state index contributed by atoms with van der Waals surface area (Å²) < 4.78 is 0. The van der Waals surface area contributed by atoms with Crippen molar-refractivity contribution in [2.75, 3.05) is 36.8 Å². The van der Waals surface area contributed by atoms with E-state index in [4.69, 9.17) is 0 Å². The molecule has 0 aromatic heterocycles. The van der Waals surface area contributed by atoms with Crippen LogP contribution in [0.2, 0.25) is 0 Å². The number of aryl methyl sites for hydroxylation is 1. The predicted molar refractivity (Wildman–Crippen MR) is 132 cm³/mol. The van der Waals surface area contributed by atoms with E-state index in [0.717, 1.165) is 43.5 Å². The molecular weight excluding hydrogens is 428 g/mol. The van der Waals surface area contributed by atoms with Crippen LogP contribution < -0.4 is 10.6 Å². The molecule has 1 aliphatic heterocycles. The molecule has 7 nitrogen and oxygen atoms in total. The van der Waals surface area contributed by atoms with E-state index in [2.05, 4.69) is 29.4 Å². The number of piperidine rings is 1. The van der Waals surface area contributed by atoms with Gasteiger partial charge in [0.25, 0.3) is 11.6 Å². The molecule has 174 valence electrons. The Morgan fingerprint density at radius 1 is 1.16 bits per heavy atom. The number of halogens is 1. The quantitative estimate of drug-likeness (QED) is 0.314. The lowest BCUT2D eigenvalue weighted by Gasteiger charge is -2.34. The molecule has 2 unspecified atom stereocenters. The number of carbonyl (C=O) groups excluding carboxylic acids is 1. The highest BCUT2D eigenvalue weighted by atomic mass is 35.5. The molecule has 2 aromatic rings. The number of benzene rings is 2. The maximum absolute atomic E-state index is 12.5. The number of nitrogens with one attached hydrogen (secondary N) is 2. The minimum atomic E-state index is -0.445. The highest BCUT2D eigenvalue weighted by Crippen LogP contribution is 2.26. The van der Waals surface area contributed by atoms with Crippen molar-refractivity contribution in [3.63, 3.8) is 0 Å². The summed E-state index contributed by atoms with van der Waals surface area (Å²) in [6.07, 6.45) is 2.19. The zero-order valence-electron chi connectivity index (χ0n) is 19.0. The summed E-state index contributed by atoms with van der Waals surface area (Å²) in [4.78, 5) is 26.2. The molecule has 0 spiro atoms. The van der Waals surface area contributed by atoms with Gasteiger partial charge in [-0.15, -0.1) is 12.4 Å². The van der Waals surface area contributed by atoms with E-state index in [1.54, 1.807) is 18.2 Å². The molecule has 3 rings (SSSR count). The summed E-state index contributed by atoms with van der Waals surface area (Å²) in [7, 11) is 0. The number of hydrogen-bond acceptors (Lipinski definition) is 5. The van der Waals surface area contributed by atoms with Crippen LogP contribution in [0.1, 0.15) is 42.6 Å². The summed E-state index contributed by atoms with van der Waals surface area (Å²) in [6, 6.07) is 12.0. The lowest BCUT2D eigenvalue weighted by atomic mass is 9.92. The van der Waals surface area contributed by atoms with Crippen molar-refractivity contribution in [2.45, 2.75) is 33.6 Å². The Morgan fingerprint density at radius 2 is 1.88 bits per heavy atom. The Balaban J connectivity index is 0.00000363. The van der Waals surface area contributed by atoms with Crippen molar-refractivity contribution < 1.29 is 9.72 Å². The standard InChI is InChI=1S/C24H32N4O3.ClH/c1-17-6-4-7-21(13-17)26-24(29)20-8-9-22(23(14-20)28(30)31)25-10-5-11-27-15-18(2)12-19(3)16-27;/h4,6-9,13-14,18-19,25H,5,10-12,15-16H2,1-3H3,(H,26,29);1H. The minimum Gasteiger partial charge on any atom is -0.379 e. The third kappa shape index (κ3) is 7.21. The van der Waals surface area contributed by atoms with Gasteiger partial charge in [-0.1, -0.05) is 26.0 Å². The first-order chi connectivity index (χ1) is 14.8. The first-order valence-corrected chi connectivity index (χ1v) is 10.9. The normalized spacial score (nSPS) is 18.5. The van der Waals surface area contributed by atoms with E-state index < -0.39 is 4.92 Å². The topological polar surface area (TPSA) is 87.5 Å². The maximum Gasteiger partial charge on any atom is 0.293 e. The number of rotatable bonds is 8. The third-order valence-electron chi connectivity index (χ3n) is 5.64. The number of likely N-dealkylation sites (tertiary alicyclic amines) is 1. The molecule has 0 radical (unpaired) electrons. The Labute approximate surface area is 196 Å². The van der Waals surface area contributed by atoms with Gasteiger partial charge in [0, 0.05) is 37.0 Å². The number of carbonyl (C=O) groups is 1. The van der Waals surface area contributed by atoms with E-state index in [9.17, 15) is 14.9 Å². The van der Waals surface area contributed by atoms with Gasteiger partial charge in [0.2, 0.25) is 0 Å². The third-order valence-corrected chi connectivity index (χ3v) is 5.64. The van der Waals surface area contributed by atoms with Crippen molar-refractivity contribution in [3.05, 3.63) is 63.7 Å². The second-order valence-corrected chi connectivity index (χ2v) is 8.80. The van der Waals surface area contributed by atoms with Crippen LogP contribution in [0.25, 0.3) is 0 Å². The molecule has 2 aromatic carbocycles. The number of nitro benzene ring substituents is 1. The predicted octanol–water partition coefficient (Wildman–Crippen LogP) is 5.36. The van der Waals surface area contributed by atoms with Gasteiger partial charge in [-0.3, -0.25) is 14.9 Å². The van der Waals surface area contributed by atoms with Crippen LogP contribution >= 0.6 is 12.4 Å². The van der Waals surface area contributed by atoms with Crippen LogP contribution in [0, 0.1) is 28.9 Å². The number of amides is 1. The Bertz CT molecular complexity index is 927. The van der Waals surface area contributed by atoms with Crippen LogP contribution in [0.15, 0.2) is 42.5 Å². The van der Waals surface area contributed by atoms with Crippen LogP contribution in [0.5, 0.6) is 0 Å². The van der Waals surface area contributed by atoms with Gasteiger partial charge < -0.3 is 15.5 Å². The number of nitro groups is 1. The molecule has 2 atom stereocenters. The summed E-state index contributed by atoms with van der Waals surface area (Å²) >= 11 is 0. The summed E-state index contributed by atoms with van der Waals surface area (Å²) in [6.45, 7) is 10.4. The first kappa shape index (κ1) is 25.6. The molecule has 1 aliphatic rings. The Hall–Kier alpha value is -2.64. The average molecular weight is 461 g/mol. The summed E-state index contributed by atoms with van der Waals surface area (Å²) in [5.41, 5.74) is 2.30. The monoisotopic (exact) mass is 460 g/mol. The summed E-state index contributed by atoms with van der Waals surface area (Å²) in [5.74, 6) is 1.07. The largest absolute Gasteiger partial charge is 0.379 e. The highest BCUT2D eigenvalue weighted by Gasteiger charge is 2.21. The Kier molecular flexibility index (Phi) is 9.47. The molecule has 8 heteroatoms. The van der Waals surface area contributed by atoms with E-state index in [0.29, 0.717) is 17.9 Å². The van der Waals surface area contributed by atoms with E-state index in [1.165, 1.54) is 12.5 Å². The summed E-state index contributed by atoms with van der Waals surface area (Å²) in [5, 5.41) is 17.6. The van der Waals surface area contributed by atoms with Gasteiger partial charge in [-0.05, 0) is 68.0 Å². The van der Waals surface area contributed by atoms with Crippen molar-refractivity contribution in [3.8, 4) is 0 Å². The molecule has 32 heavy (non-hydrogen) atoms. The van der Waals surface area contributed by atoms with Crippen molar-refractivity contribution in [2.24, 2.45) is 11.8 Å². The van der Waals surface area contributed by atoms with Crippen LogP contribution in [-0.4, -0.2) is 41.9 Å². The SMILES string of the molecule is Cc1cccc(NC(=O)c2ccc(NCCCN3CC(C)CC(C)C3)c([N+](=O)[O-])c2)c1.Cl. The number of anilines is 2. The van der Waals surface area contributed by atoms with Gasteiger partial charge in [-0.25, -0.2) is 0 Å². The maximum atomic E-state index is 12.5. The smallest absolute Gasteiger partial charge is 0.293 e. The van der Waals surface area contributed by atoms with Gasteiger partial charge >= 0.3 is 0 Å². The lowest BCUT2D eigenvalue weighted by Crippen LogP contribution is -2.39. The van der Waals surface area contributed by atoms with E-state index in [1.807, 2.05) is 25.1 Å². The molecular formula is C24H33ClN4O3. The second kappa shape index (κ2) is 11.8. The average Bonchev–Trinajstić information content (AvgIpc) is 2.70. The van der Waals surface area contributed by atoms with Gasteiger partial charge in [0.05, 0.1) is 4.92 Å².